The fourth-order valence-electron chi connectivity index (χ4n) is 10.5. The van der Waals surface area contributed by atoms with Gasteiger partial charge < -0.3 is 29.4 Å². The van der Waals surface area contributed by atoms with E-state index in [4.69, 9.17) is 14.5 Å². The van der Waals surface area contributed by atoms with Crippen LogP contribution in [0.2, 0.25) is 0 Å². The van der Waals surface area contributed by atoms with Gasteiger partial charge in [-0.05, 0) is 111 Å². The van der Waals surface area contributed by atoms with Crippen LogP contribution >= 0.6 is 0 Å². The van der Waals surface area contributed by atoms with Gasteiger partial charge in [0, 0.05) is 87.3 Å². The normalized spacial score (nSPS) is 22.4. The number of benzene rings is 2. The van der Waals surface area contributed by atoms with Crippen LogP contribution in [-0.2, 0) is 58.1 Å². The highest BCUT2D eigenvalue weighted by molar-refractivity contribution is 7.90. The smallest absolute Gasteiger partial charge is 0.324 e. The van der Waals surface area contributed by atoms with Crippen LogP contribution in [0.1, 0.15) is 90.2 Å². The van der Waals surface area contributed by atoms with Crippen molar-refractivity contribution in [2.75, 3.05) is 46.9 Å². The number of carbonyl (C=O) groups excluding carboxylic acids is 4. The molecule has 5 atom stereocenters. The summed E-state index contributed by atoms with van der Waals surface area (Å²) in [6.07, 6.45) is 3.56. The van der Waals surface area contributed by atoms with Crippen LogP contribution < -0.4 is 16.1 Å². The standard InChI is InChI=1S/C51H68N8O9S/c1-9-58-42-15-14-34-26-38(42)39(46(58)37-12-10-18-52-44(37)31(4)67-8)27-51(5,6)29-68-50(64)40-13-11-19-59(55-40)49(63)41(24-32-22-35(34)25-36(60)23-32)54-47(61)45(30(2)3)56(7)48(62)33-16-20-57(21-17-33)69(65,66)43-28-53-43/h10,12,14-15,18,22-23,25-26,30-31,33,40-41,43,45,53,55,60H,9,11,13,16-17,19-21,24,27-29H2,1-8H3,(H,54,61)/t31-,40-,41-,43-,45?/m0/s1. The Morgan fingerprint density at radius 2 is 1.78 bits per heavy atom. The van der Waals surface area contributed by atoms with E-state index in [2.05, 4.69) is 59.6 Å². The molecule has 0 aliphatic carbocycles. The Balaban J connectivity index is 1.16. The Hall–Kier alpha value is -5.40. The van der Waals surface area contributed by atoms with Crippen LogP contribution in [0, 0.1) is 17.3 Å². The molecule has 69 heavy (non-hydrogen) atoms. The Morgan fingerprint density at radius 3 is 2.46 bits per heavy atom. The lowest BCUT2D eigenvalue weighted by Crippen LogP contribution is -2.62. The summed E-state index contributed by atoms with van der Waals surface area (Å²) in [4.78, 5) is 63.6. The quantitative estimate of drug-likeness (QED) is 0.117. The fraction of sp³-hybridized carbons (Fsp3) is 0.549. The molecule has 0 spiro atoms. The number of amides is 3. The van der Waals surface area contributed by atoms with E-state index >= 15 is 0 Å². The highest BCUT2D eigenvalue weighted by Gasteiger charge is 2.44. The first-order valence-corrected chi connectivity index (χ1v) is 25.8. The molecule has 2 aromatic carbocycles. The number of aromatic hydroxyl groups is 1. The average molecular weight is 969 g/mol. The number of aryl methyl sites for hydroxylation is 1. The number of likely N-dealkylation sites (N-methyl/N-ethyl adjacent to an activating group) is 1. The summed E-state index contributed by atoms with van der Waals surface area (Å²) in [7, 11) is -0.228. The summed E-state index contributed by atoms with van der Waals surface area (Å²) in [5.41, 5.74) is 9.47. The van der Waals surface area contributed by atoms with E-state index in [9.17, 15) is 32.7 Å². The molecule has 6 bridgehead atoms. The van der Waals surface area contributed by atoms with Crippen molar-refractivity contribution in [2.24, 2.45) is 17.3 Å². The molecule has 0 radical (unpaired) electrons. The van der Waals surface area contributed by atoms with E-state index in [0.29, 0.717) is 56.3 Å². The number of ether oxygens (including phenoxy) is 2. The molecule has 2 aromatic heterocycles. The topological polar surface area (TPSA) is 215 Å². The number of fused-ring (bicyclic) bond motifs is 6. The lowest BCUT2D eigenvalue weighted by molar-refractivity contribution is -0.155. The van der Waals surface area contributed by atoms with Crippen molar-refractivity contribution in [2.45, 2.75) is 116 Å². The first-order chi connectivity index (χ1) is 32.8. The molecule has 17 nitrogen and oxygen atoms in total. The van der Waals surface area contributed by atoms with Gasteiger partial charge in [0.05, 0.1) is 24.1 Å². The lowest BCUT2D eigenvalue weighted by atomic mass is 9.84. The van der Waals surface area contributed by atoms with E-state index in [0.717, 1.165) is 39.0 Å². The molecule has 3 saturated heterocycles. The number of carbonyl (C=O) groups is 4. The number of sulfonamides is 1. The highest BCUT2D eigenvalue weighted by atomic mass is 32.2. The van der Waals surface area contributed by atoms with Crippen molar-refractivity contribution in [1.29, 1.82) is 0 Å². The third-order valence-corrected chi connectivity index (χ3v) is 16.4. The largest absolute Gasteiger partial charge is 0.508 e. The number of aromatic nitrogens is 2. The molecule has 0 saturated carbocycles. The third-order valence-electron chi connectivity index (χ3n) is 14.2. The molecule has 4 aliphatic heterocycles. The number of piperidine rings is 1. The van der Waals surface area contributed by atoms with Crippen LogP contribution in [0.25, 0.3) is 33.3 Å². The number of nitrogens with zero attached hydrogens (tertiary/aromatic N) is 5. The first-order valence-electron chi connectivity index (χ1n) is 24.3. The second-order valence-electron chi connectivity index (χ2n) is 20.3. The SMILES string of the molecule is CCn1c(-c2cccnc2[C@H](C)OC)c2c3cc(ccc31)-c1cc(O)cc(c1)C[C@H](NC(=O)C(C(C)C)N(C)C(=O)C1CCN(S(=O)(=O)[C@H]3CN3)CC1)C(=O)N1CCC[C@H](N1)C(=O)OCC(C)(C)C2. The molecule has 372 valence electrons. The number of rotatable bonds is 11. The number of phenolic OH excluding ortho intramolecular Hbond substituents is 1. The molecule has 18 heteroatoms. The van der Waals surface area contributed by atoms with Gasteiger partial charge in [0.1, 0.15) is 29.2 Å². The number of methoxy groups -OCH3 is 1. The van der Waals surface area contributed by atoms with Gasteiger partial charge in [0.15, 0.2) is 0 Å². The summed E-state index contributed by atoms with van der Waals surface area (Å²) in [6, 6.07) is 12.4. The fourth-order valence-corrected chi connectivity index (χ4v) is 12.1. The van der Waals surface area contributed by atoms with E-state index in [1.807, 2.05) is 39.0 Å². The maximum absolute atomic E-state index is 14.8. The van der Waals surface area contributed by atoms with E-state index in [1.54, 1.807) is 32.5 Å². The van der Waals surface area contributed by atoms with Crippen LogP contribution in [-0.4, -0.2) is 131 Å². The Kier molecular flexibility index (Phi) is 14.6. The van der Waals surface area contributed by atoms with Crippen molar-refractivity contribution in [3.05, 3.63) is 71.5 Å². The zero-order valence-electron chi connectivity index (χ0n) is 41.1. The van der Waals surface area contributed by atoms with E-state index in [-0.39, 0.29) is 56.3 Å². The maximum atomic E-state index is 14.8. The predicted molar refractivity (Wildman–Crippen MR) is 262 cm³/mol. The van der Waals surface area contributed by atoms with Crippen molar-refractivity contribution >= 4 is 44.6 Å². The summed E-state index contributed by atoms with van der Waals surface area (Å²) < 4.78 is 41.4. The minimum atomic E-state index is -3.48. The first kappa shape index (κ1) is 50.0. The number of cyclic esters (lactones) is 1. The number of nitrogens with one attached hydrogen (secondary N) is 3. The van der Waals surface area contributed by atoms with Gasteiger partial charge in [-0.25, -0.2) is 18.1 Å². The molecule has 1 unspecified atom stereocenters. The lowest BCUT2D eigenvalue weighted by Gasteiger charge is -2.38. The third kappa shape index (κ3) is 10.4. The molecular weight excluding hydrogens is 901 g/mol. The second-order valence-corrected chi connectivity index (χ2v) is 22.4. The average Bonchev–Trinajstić information content (AvgIpc) is 4.16. The molecule has 3 fully saturated rings. The van der Waals surface area contributed by atoms with Gasteiger partial charge >= 0.3 is 5.97 Å². The minimum Gasteiger partial charge on any atom is -0.508 e. The summed E-state index contributed by atoms with van der Waals surface area (Å²) in [6.45, 7) is 13.7. The number of phenols is 1. The van der Waals surface area contributed by atoms with E-state index in [1.165, 1.54) is 14.2 Å². The predicted octanol–water partition coefficient (Wildman–Crippen LogP) is 4.91. The zero-order chi connectivity index (χ0) is 49.5. The van der Waals surface area contributed by atoms with Crippen molar-refractivity contribution in [3.63, 3.8) is 0 Å². The van der Waals surface area contributed by atoms with Gasteiger partial charge in [-0.3, -0.25) is 34.5 Å². The molecule has 4 N–H and O–H groups in total. The Labute approximate surface area is 405 Å². The van der Waals surface area contributed by atoms with Crippen molar-refractivity contribution in [1.82, 2.24) is 39.8 Å². The Bertz CT molecular complexity index is 2710. The van der Waals surface area contributed by atoms with Crippen LogP contribution in [0.5, 0.6) is 5.75 Å². The highest BCUT2D eigenvalue weighted by Crippen LogP contribution is 2.42. The van der Waals surface area contributed by atoms with Crippen molar-refractivity contribution in [3.8, 4) is 28.1 Å². The van der Waals surface area contributed by atoms with Crippen molar-refractivity contribution < 1.29 is 42.2 Å². The van der Waals surface area contributed by atoms with Gasteiger partial charge in [0.25, 0.3) is 5.91 Å². The van der Waals surface area contributed by atoms with Gasteiger partial charge in [-0.1, -0.05) is 39.8 Å². The molecule has 8 rings (SSSR count). The monoisotopic (exact) mass is 968 g/mol. The second kappa shape index (κ2) is 20.1. The van der Waals surface area contributed by atoms with E-state index < -0.39 is 62.6 Å². The van der Waals surface area contributed by atoms with Crippen LogP contribution in [0.15, 0.2) is 54.7 Å². The number of hydrogen-bond acceptors (Lipinski definition) is 12. The van der Waals surface area contributed by atoms with Gasteiger partial charge in [-0.15, -0.1) is 0 Å². The molecule has 6 heterocycles. The molecule has 3 amide bonds. The maximum Gasteiger partial charge on any atom is 0.324 e. The number of pyridine rings is 1. The number of esters is 1. The summed E-state index contributed by atoms with van der Waals surface area (Å²) in [5, 5.41) is 19.0. The van der Waals surface area contributed by atoms with Crippen LogP contribution in [0.3, 0.4) is 0 Å². The number of hydrazine groups is 1. The minimum absolute atomic E-state index is 0.0206. The van der Waals surface area contributed by atoms with Crippen LogP contribution in [0.4, 0.5) is 0 Å². The molecule has 4 aromatic rings. The van der Waals surface area contributed by atoms with Gasteiger partial charge in [0.2, 0.25) is 21.8 Å². The molecular formula is C51H68N8O9S. The zero-order valence-corrected chi connectivity index (χ0v) is 41.9. The molecule has 4 aliphatic rings. The summed E-state index contributed by atoms with van der Waals surface area (Å²) >= 11 is 0. The Morgan fingerprint density at radius 1 is 1.04 bits per heavy atom. The number of hydrogen-bond donors (Lipinski definition) is 4. The van der Waals surface area contributed by atoms with Gasteiger partial charge in [-0.2, -0.15) is 0 Å². The summed E-state index contributed by atoms with van der Waals surface area (Å²) in [5.74, 6) is -2.66.